The molecular weight excluding hydrogens is 783 g/mol. The Kier molecular flexibility index (Phi) is 8.11. The summed E-state index contributed by atoms with van der Waals surface area (Å²) < 4.78 is 8.69. The highest BCUT2D eigenvalue weighted by molar-refractivity contribution is 6.14. The quantitative estimate of drug-likeness (QED) is 0.167. The van der Waals surface area contributed by atoms with Gasteiger partial charge in [-0.15, -0.1) is 0 Å². The molecule has 9 aromatic carbocycles. The molecule has 4 heterocycles. The number of pyridine rings is 1. The van der Waals surface area contributed by atoms with E-state index in [4.69, 9.17) is 24.4 Å². The van der Waals surface area contributed by atoms with E-state index in [1.54, 1.807) is 0 Å². The fourth-order valence-electron chi connectivity index (χ4n) is 9.44. The molecule has 6 nitrogen and oxygen atoms in total. The van der Waals surface area contributed by atoms with Gasteiger partial charge in [0.05, 0.1) is 11.0 Å². The number of furan rings is 1. The van der Waals surface area contributed by atoms with Crippen molar-refractivity contribution in [2.24, 2.45) is 0 Å². The number of aromatic nitrogens is 5. The molecule has 0 spiro atoms. The lowest BCUT2D eigenvalue weighted by atomic mass is 9.94. The first-order chi connectivity index (χ1) is 31.7. The van der Waals surface area contributed by atoms with Gasteiger partial charge in [0, 0.05) is 50.6 Å². The van der Waals surface area contributed by atoms with Crippen molar-refractivity contribution in [3.05, 3.63) is 212 Å². The molecule has 4 aromatic heterocycles. The van der Waals surface area contributed by atoms with Crippen molar-refractivity contribution in [2.75, 3.05) is 0 Å². The number of rotatable bonds is 6. The Labute approximate surface area is 367 Å². The minimum Gasteiger partial charge on any atom is -0.456 e. The van der Waals surface area contributed by atoms with E-state index in [9.17, 15) is 0 Å². The maximum atomic E-state index is 6.31. The molecule has 0 N–H and O–H groups in total. The summed E-state index contributed by atoms with van der Waals surface area (Å²) in [5, 5.41) is 9.05. The molecular formula is C58H35N5O. The van der Waals surface area contributed by atoms with Gasteiger partial charge in [-0.05, 0) is 92.3 Å². The number of hydrogen-bond acceptors (Lipinski definition) is 5. The van der Waals surface area contributed by atoms with Gasteiger partial charge in [0.1, 0.15) is 16.9 Å². The van der Waals surface area contributed by atoms with Gasteiger partial charge < -0.3 is 8.98 Å². The smallest absolute Gasteiger partial charge is 0.182 e. The zero-order valence-corrected chi connectivity index (χ0v) is 34.4. The molecule has 0 fully saturated rings. The Bertz CT molecular complexity index is 3980. The van der Waals surface area contributed by atoms with Crippen LogP contribution in [0.2, 0.25) is 0 Å². The first-order valence-corrected chi connectivity index (χ1v) is 21.4. The lowest BCUT2D eigenvalue weighted by molar-refractivity contribution is 0.668. The summed E-state index contributed by atoms with van der Waals surface area (Å²) in [7, 11) is 0. The van der Waals surface area contributed by atoms with Crippen molar-refractivity contribution in [3.63, 3.8) is 0 Å². The zero-order chi connectivity index (χ0) is 42.1. The normalized spacial score (nSPS) is 11.8. The van der Waals surface area contributed by atoms with Crippen LogP contribution in [0, 0.1) is 0 Å². The summed E-state index contributed by atoms with van der Waals surface area (Å²) in [4.78, 5) is 20.5. The molecule has 0 saturated heterocycles. The minimum absolute atomic E-state index is 0.463. The zero-order valence-electron chi connectivity index (χ0n) is 34.4. The summed E-state index contributed by atoms with van der Waals surface area (Å²) in [6.07, 6.45) is 1.86. The van der Waals surface area contributed by atoms with Crippen molar-refractivity contribution in [3.8, 4) is 62.2 Å². The number of hydrogen-bond donors (Lipinski definition) is 0. The van der Waals surface area contributed by atoms with Gasteiger partial charge in [0.25, 0.3) is 0 Å². The Balaban J connectivity index is 0.970. The van der Waals surface area contributed by atoms with Crippen molar-refractivity contribution >= 4 is 65.3 Å². The van der Waals surface area contributed by atoms with Gasteiger partial charge in [-0.25, -0.2) is 15.0 Å². The van der Waals surface area contributed by atoms with Gasteiger partial charge in [-0.3, -0.25) is 4.98 Å². The Morgan fingerprint density at radius 3 is 1.83 bits per heavy atom. The average molecular weight is 818 g/mol. The maximum absolute atomic E-state index is 6.31. The van der Waals surface area contributed by atoms with Crippen molar-refractivity contribution in [1.82, 2.24) is 24.5 Å². The van der Waals surface area contributed by atoms with Crippen LogP contribution in [-0.4, -0.2) is 24.5 Å². The summed E-state index contributed by atoms with van der Waals surface area (Å²) in [6, 6.07) is 72.3. The van der Waals surface area contributed by atoms with E-state index in [1.807, 2.05) is 36.5 Å². The molecule has 13 aromatic rings. The molecule has 0 aliphatic rings. The second kappa shape index (κ2) is 14.4. The third-order valence-electron chi connectivity index (χ3n) is 12.5. The highest BCUT2D eigenvalue weighted by Gasteiger charge is 2.19. The molecule has 6 heteroatoms. The summed E-state index contributed by atoms with van der Waals surface area (Å²) in [6.45, 7) is 0. The van der Waals surface area contributed by atoms with Crippen LogP contribution in [0.5, 0.6) is 0 Å². The van der Waals surface area contributed by atoms with Gasteiger partial charge >= 0.3 is 0 Å². The molecule has 0 bridgehead atoms. The Morgan fingerprint density at radius 1 is 0.344 bits per heavy atom. The molecule has 13 rings (SSSR count). The molecule has 0 saturated carbocycles. The molecule has 64 heavy (non-hydrogen) atoms. The second-order valence-corrected chi connectivity index (χ2v) is 16.2. The molecule has 0 amide bonds. The maximum Gasteiger partial charge on any atom is 0.182 e. The lowest BCUT2D eigenvalue weighted by Crippen LogP contribution is -2.02. The topological polar surface area (TPSA) is 69.6 Å². The molecule has 0 unspecified atom stereocenters. The third-order valence-corrected chi connectivity index (χ3v) is 12.5. The van der Waals surface area contributed by atoms with Crippen LogP contribution >= 0.6 is 0 Å². The fraction of sp³-hybridized carbons (Fsp3) is 0. The first kappa shape index (κ1) is 36.0. The summed E-state index contributed by atoms with van der Waals surface area (Å²) in [5.74, 6) is 1.58. The van der Waals surface area contributed by atoms with Gasteiger partial charge in [0.15, 0.2) is 17.5 Å². The van der Waals surface area contributed by atoms with E-state index in [1.165, 1.54) is 32.6 Å². The standard InChI is InChI=1S/C58H35N5O/c1-2-14-36(15-3-1)43-28-29-48(45-23-7-6-22-44(43)45)57-60-56(61-58(62-57)51-34-55-50(35-59-51)47-25-9-11-27-54(47)64-55)41-20-12-18-37(30-41)38-19-13-21-42(31-38)63-52-26-10-8-24-46(52)49-32-39-16-4-5-17-40(39)33-53(49)63/h1-35H. The van der Waals surface area contributed by atoms with Gasteiger partial charge in [-0.2, -0.15) is 0 Å². The Morgan fingerprint density at radius 2 is 0.969 bits per heavy atom. The lowest BCUT2D eigenvalue weighted by Gasteiger charge is -2.13. The second-order valence-electron chi connectivity index (χ2n) is 16.2. The van der Waals surface area contributed by atoms with Gasteiger partial charge in [0.2, 0.25) is 0 Å². The van der Waals surface area contributed by atoms with Crippen molar-refractivity contribution in [2.45, 2.75) is 0 Å². The van der Waals surface area contributed by atoms with Crippen LogP contribution < -0.4 is 0 Å². The number of benzene rings is 9. The average Bonchev–Trinajstić information content (AvgIpc) is 3.90. The van der Waals surface area contributed by atoms with E-state index in [0.29, 0.717) is 23.2 Å². The largest absolute Gasteiger partial charge is 0.456 e. The van der Waals surface area contributed by atoms with Crippen LogP contribution in [0.15, 0.2) is 217 Å². The predicted octanol–water partition coefficient (Wildman–Crippen LogP) is 14.9. The summed E-state index contributed by atoms with van der Waals surface area (Å²) >= 11 is 0. The van der Waals surface area contributed by atoms with Crippen molar-refractivity contribution in [1.29, 1.82) is 0 Å². The minimum atomic E-state index is 0.463. The number of nitrogens with zero attached hydrogens (tertiary/aromatic N) is 5. The van der Waals surface area contributed by atoms with E-state index in [0.717, 1.165) is 71.8 Å². The highest BCUT2D eigenvalue weighted by atomic mass is 16.3. The van der Waals surface area contributed by atoms with E-state index in [2.05, 4.69) is 180 Å². The van der Waals surface area contributed by atoms with Crippen LogP contribution in [0.1, 0.15) is 0 Å². The monoisotopic (exact) mass is 817 g/mol. The molecule has 0 aliphatic carbocycles. The predicted molar refractivity (Wildman–Crippen MR) is 261 cm³/mol. The fourth-order valence-corrected chi connectivity index (χ4v) is 9.44. The number of fused-ring (bicyclic) bond motifs is 8. The van der Waals surface area contributed by atoms with Crippen LogP contribution in [0.4, 0.5) is 0 Å². The van der Waals surface area contributed by atoms with Crippen molar-refractivity contribution < 1.29 is 4.42 Å². The van der Waals surface area contributed by atoms with Crippen LogP contribution in [-0.2, 0) is 0 Å². The first-order valence-electron chi connectivity index (χ1n) is 21.4. The Hall–Kier alpha value is -8.74. The molecule has 0 aliphatic heterocycles. The highest BCUT2D eigenvalue weighted by Crippen LogP contribution is 2.39. The van der Waals surface area contributed by atoms with E-state index >= 15 is 0 Å². The number of para-hydroxylation sites is 2. The molecule has 0 radical (unpaired) electrons. The molecule has 298 valence electrons. The summed E-state index contributed by atoms with van der Waals surface area (Å²) in [5.41, 5.74) is 11.8. The van der Waals surface area contributed by atoms with Gasteiger partial charge in [-0.1, -0.05) is 152 Å². The molecule has 0 atom stereocenters. The van der Waals surface area contributed by atoms with E-state index < -0.39 is 0 Å². The third kappa shape index (κ3) is 5.88. The van der Waals surface area contributed by atoms with E-state index in [-0.39, 0.29) is 0 Å². The van der Waals surface area contributed by atoms with Crippen LogP contribution in [0.25, 0.3) is 128 Å². The van der Waals surface area contributed by atoms with Crippen LogP contribution in [0.3, 0.4) is 0 Å². The SMILES string of the molecule is c1ccc(-c2ccc(-c3nc(-c4cccc(-c5cccc(-n6c7ccccc7c7cc8ccccc8cc76)c5)c4)nc(-c4cc5oc6ccccc6c5cn4)n3)c3ccccc23)cc1.